The summed E-state index contributed by atoms with van der Waals surface area (Å²) in [4.78, 5) is 0. The number of halogens is 4. The second kappa shape index (κ2) is 6.34. The largest absolute Gasteiger partial charge is 0.495 e. The van der Waals surface area contributed by atoms with Crippen LogP contribution in [0.15, 0.2) is 16.6 Å². The van der Waals surface area contributed by atoms with Crippen LogP contribution in [-0.4, -0.2) is 13.7 Å². The van der Waals surface area contributed by atoms with Crippen molar-refractivity contribution in [3.63, 3.8) is 0 Å². The molecule has 0 saturated heterocycles. The van der Waals surface area contributed by atoms with Gasteiger partial charge in [0, 0.05) is 0 Å². The first-order valence-corrected chi connectivity index (χ1v) is 5.77. The zero-order valence-corrected chi connectivity index (χ0v) is 11.5. The van der Waals surface area contributed by atoms with Crippen molar-refractivity contribution in [3.8, 4) is 11.5 Å². The average molecular weight is 300 g/mol. The molecule has 2 nitrogen and oxygen atoms in total. The van der Waals surface area contributed by atoms with Crippen molar-refractivity contribution < 1.29 is 13.9 Å². The van der Waals surface area contributed by atoms with E-state index in [4.69, 9.17) is 44.3 Å². The van der Waals surface area contributed by atoms with Crippen LogP contribution in [0.2, 0.25) is 5.02 Å². The molecule has 17 heavy (non-hydrogen) atoms. The summed E-state index contributed by atoms with van der Waals surface area (Å²) in [6.45, 7) is 1.79. The highest BCUT2D eigenvalue weighted by Gasteiger charge is 2.16. The molecule has 0 aliphatic rings. The average Bonchev–Trinajstić information content (AvgIpc) is 2.25. The summed E-state index contributed by atoms with van der Waals surface area (Å²) in [6.07, 6.45) is 1.40. The van der Waals surface area contributed by atoms with Crippen LogP contribution in [0, 0.1) is 12.7 Å². The highest BCUT2D eigenvalue weighted by atomic mass is 35.5. The zero-order valence-electron chi connectivity index (χ0n) is 9.19. The summed E-state index contributed by atoms with van der Waals surface area (Å²) in [5, 5.41) is -0.108. The smallest absolute Gasteiger partial charge is 0.187 e. The Morgan fingerprint density at radius 3 is 2.65 bits per heavy atom. The van der Waals surface area contributed by atoms with Crippen molar-refractivity contribution >= 4 is 34.8 Å². The highest BCUT2D eigenvalue weighted by molar-refractivity contribution is 6.55. The fourth-order valence-electron chi connectivity index (χ4n) is 1.26. The van der Waals surface area contributed by atoms with Crippen molar-refractivity contribution in [2.24, 2.45) is 0 Å². The van der Waals surface area contributed by atoms with Gasteiger partial charge in [-0.25, -0.2) is 4.39 Å². The second-order valence-corrected chi connectivity index (χ2v) is 4.54. The van der Waals surface area contributed by atoms with Crippen molar-refractivity contribution in [2.75, 3.05) is 13.7 Å². The predicted octanol–water partition coefficient (Wildman–Crippen LogP) is 4.49. The molecule has 1 rings (SSSR count). The number of methoxy groups -OCH3 is 1. The Labute approximate surface area is 114 Å². The Morgan fingerprint density at radius 2 is 2.12 bits per heavy atom. The highest BCUT2D eigenvalue weighted by Crippen LogP contribution is 2.36. The topological polar surface area (TPSA) is 18.5 Å². The maximum absolute atomic E-state index is 13.7. The molecule has 0 saturated carbocycles. The number of hydrogen-bond acceptors (Lipinski definition) is 2. The van der Waals surface area contributed by atoms with E-state index in [1.54, 1.807) is 6.92 Å². The third kappa shape index (κ3) is 3.66. The van der Waals surface area contributed by atoms with Crippen LogP contribution in [0.4, 0.5) is 4.39 Å². The first kappa shape index (κ1) is 14.4. The van der Waals surface area contributed by atoms with Gasteiger partial charge in [-0.1, -0.05) is 34.8 Å². The van der Waals surface area contributed by atoms with E-state index in [1.807, 2.05) is 0 Å². The van der Waals surface area contributed by atoms with Crippen LogP contribution in [-0.2, 0) is 0 Å². The Bertz CT molecular complexity index is 443. The van der Waals surface area contributed by atoms with Crippen LogP contribution in [0.25, 0.3) is 0 Å². The van der Waals surface area contributed by atoms with Crippen molar-refractivity contribution in [3.05, 3.63) is 33.0 Å². The van der Waals surface area contributed by atoms with E-state index in [0.29, 0.717) is 11.3 Å². The van der Waals surface area contributed by atoms with E-state index < -0.39 is 5.82 Å². The maximum Gasteiger partial charge on any atom is 0.187 e. The molecule has 0 radical (unpaired) electrons. The van der Waals surface area contributed by atoms with Crippen LogP contribution < -0.4 is 9.47 Å². The van der Waals surface area contributed by atoms with Crippen molar-refractivity contribution in [1.29, 1.82) is 0 Å². The SMILES string of the molecule is COc1c(C)cc(OCC=C(Cl)Cl)c(F)c1Cl. The van der Waals surface area contributed by atoms with E-state index in [1.165, 1.54) is 19.3 Å². The molecule has 0 N–H and O–H groups in total. The normalized spacial score (nSPS) is 10.0. The van der Waals surface area contributed by atoms with Crippen molar-refractivity contribution in [2.45, 2.75) is 6.92 Å². The summed E-state index contributed by atoms with van der Waals surface area (Å²) in [6, 6.07) is 1.50. The molecule has 0 fully saturated rings. The molecule has 6 heteroatoms. The van der Waals surface area contributed by atoms with Crippen molar-refractivity contribution in [1.82, 2.24) is 0 Å². The molecule has 0 heterocycles. The molecule has 0 aromatic heterocycles. The van der Waals surface area contributed by atoms with Gasteiger partial charge in [0.15, 0.2) is 11.6 Å². The minimum absolute atomic E-state index is 0.0270. The van der Waals surface area contributed by atoms with E-state index in [2.05, 4.69) is 0 Å². The number of benzene rings is 1. The predicted molar refractivity (Wildman–Crippen MR) is 68.0 cm³/mol. The molecule has 0 aliphatic carbocycles. The fraction of sp³-hybridized carbons (Fsp3) is 0.273. The molecular formula is C11H10Cl3FO2. The van der Waals surface area contributed by atoms with Gasteiger partial charge in [0.1, 0.15) is 21.9 Å². The lowest BCUT2D eigenvalue weighted by Crippen LogP contribution is -1.99. The fourth-order valence-corrected chi connectivity index (χ4v) is 1.70. The lowest BCUT2D eigenvalue weighted by Gasteiger charge is -2.12. The molecule has 94 valence electrons. The molecule has 0 aliphatic heterocycles. The number of ether oxygens (including phenoxy) is 2. The third-order valence-electron chi connectivity index (χ3n) is 1.99. The van der Waals surface area contributed by atoms with Crippen LogP contribution in [0.1, 0.15) is 5.56 Å². The third-order valence-corrected chi connectivity index (χ3v) is 2.64. The minimum atomic E-state index is -0.673. The van der Waals surface area contributed by atoms with Gasteiger partial charge in [-0.2, -0.15) is 0 Å². The first-order chi connectivity index (χ1) is 7.97. The van der Waals surface area contributed by atoms with E-state index >= 15 is 0 Å². The molecular weight excluding hydrogens is 289 g/mol. The molecule has 0 spiro atoms. The molecule has 0 bridgehead atoms. The second-order valence-electron chi connectivity index (χ2n) is 3.16. The first-order valence-electron chi connectivity index (χ1n) is 4.64. The van der Waals surface area contributed by atoms with Gasteiger partial charge in [-0.3, -0.25) is 0 Å². The Kier molecular flexibility index (Phi) is 5.37. The number of hydrogen-bond donors (Lipinski definition) is 0. The number of rotatable bonds is 4. The minimum Gasteiger partial charge on any atom is -0.495 e. The molecule has 1 aromatic rings. The summed E-state index contributed by atoms with van der Waals surface area (Å²) in [5.74, 6) is -0.352. The Hall–Kier alpha value is -0.640. The Balaban J connectivity index is 2.98. The molecule has 0 atom stereocenters. The summed E-state index contributed by atoms with van der Waals surface area (Å²) in [5.41, 5.74) is 0.676. The van der Waals surface area contributed by atoms with Crippen LogP contribution >= 0.6 is 34.8 Å². The van der Waals surface area contributed by atoms with Gasteiger partial charge in [-0.05, 0) is 24.6 Å². The van der Waals surface area contributed by atoms with Crippen LogP contribution in [0.5, 0.6) is 11.5 Å². The van der Waals surface area contributed by atoms with Crippen LogP contribution in [0.3, 0.4) is 0 Å². The maximum atomic E-state index is 13.7. The standard InChI is InChI=1S/C11H10Cl3FO2/c1-6-5-7(17-4-3-8(12)13)10(15)9(14)11(6)16-2/h3,5H,4H2,1-2H3. The van der Waals surface area contributed by atoms with Gasteiger partial charge >= 0.3 is 0 Å². The Morgan fingerprint density at radius 1 is 1.47 bits per heavy atom. The summed E-state index contributed by atoms with van der Waals surface area (Å²) >= 11 is 16.6. The monoisotopic (exact) mass is 298 g/mol. The summed E-state index contributed by atoms with van der Waals surface area (Å²) < 4.78 is 23.9. The number of aryl methyl sites for hydroxylation is 1. The molecule has 0 unspecified atom stereocenters. The van der Waals surface area contributed by atoms with E-state index in [-0.39, 0.29) is 21.9 Å². The zero-order chi connectivity index (χ0) is 13.0. The summed E-state index contributed by atoms with van der Waals surface area (Å²) in [7, 11) is 1.42. The lowest BCUT2D eigenvalue weighted by molar-refractivity contribution is 0.337. The van der Waals surface area contributed by atoms with E-state index in [9.17, 15) is 4.39 Å². The van der Waals surface area contributed by atoms with Gasteiger partial charge in [0.2, 0.25) is 0 Å². The van der Waals surface area contributed by atoms with Gasteiger partial charge < -0.3 is 9.47 Å². The van der Waals surface area contributed by atoms with Gasteiger partial charge in [-0.15, -0.1) is 0 Å². The van der Waals surface area contributed by atoms with Gasteiger partial charge in [0.05, 0.1) is 7.11 Å². The van der Waals surface area contributed by atoms with Gasteiger partial charge in [0.25, 0.3) is 0 Å². The molecule has 1 aromatic carbocycles. The molecule has 0 amide bonds. The quantitative estimate of drug-likeness (QED) is 0.815. The van der Waals surface area contributed by atoms with E-state index in [0.717, 1.165) is 0 Å². The lowest BCUT2D eigenvalue weighted by atomic mass is 10.2.